The number of para-hydroxylation sites is 1. The average Bonchev–Trinajstić information content (AvgIpc) is 3.29. The van der Waals surface area contributed by atoms with Crippen molar-refractivity contribution in [2.24, 2.45) is 5.92 Å². The number of aromatic nitrogens is 1. The quantitative estimate of drug-likeness (QED) is 0.630. The maximum absolute atomic E-state index is 12.5. The zero-order valence-electron chi connectivity index (χ0n) is 14.4. The lowest BCUT2D eigenvalue weighted by Crippen LogP contribution is -2.36. The molecule has 1 aliphatic rings. The van der Waals surface area contributed by atoms with Crippen LogP contribution < -0.4 is 5.32 Å². The number of rotatable bonds is 5. The predicted molar refractivity (Wildman–Crippen MR) is 102 cm³/mol. The number of ketones is 1. The molecule has 2 atom stereocenters. The van der Waals surface area contributed by atoms with E-state index in [-0.39, 0.29) is 12.2 Å². The number of fused-ring (bicyclic) bond motifs is 2. The number of Topliss-reactive ketones (excluding diaryl/α,β-unsaturated/α-hetero) is 1. The second-order valence-corrected chi connectivity index (χ2v) is 7.69. The predicted octanol–water partition coefficient (Wildman–Crippen LogP) is 3.31. The van der Waals surface area contributed by atoms with Gasteiger partial charge in [0, 0.05) is 45.4 Å². The van der Waals surface area contributed by atoms with Crippen LogP contribution in [0.2, 0.25) is 0 Å². The Morgan fingerprint density at radius 1 is 1.30 bits per heavy atom. The molecule has 2 heterocycles. The molecule has 0 bridgehead atoms. The first-order valence-corrected chi connectivity index (χ1v) is 9.61. The lowest BCUT2D eigenvalue weighted by Gasteiger charge is -2.21. The summed E-state index contributed by atoms with van der Waals surface area (Å²) in [6.07, 6.45) is 3.00. The molecule has 0 saturated heterocycles. The van der Waals surface area contributed by atoms with E-state index in [9.17, 15) is 19.5 Å². The highest BCUT2D eigenvalue weighted by atomic mass is 32.1. The number of hydrogen-bond donors (Lipinski definition) is 3. The molecule has 3 N–H and O–H groups in total. The number of carbonyl (C=O) groups excluding carboxylic acids is 2. The molecule has 2 unspecified atom stereocenters. The number of aryl methyl sites for hydroxylation is 1. The Labute approximate surface area is 159 Å². The fourth-order valence-electron chi connectivity index (χ4n) is 3.65. The number of carboxylic acids is 1. The third-order valence-electron chi connectivity index (χ3n) is 5.02. The molecule has 4 rings (SSSR count). The minimum atomic E-state index is -1.16. The summed E-state index contributed by atoms with van der Waals surface area (Å²) < 4.78 is 0. The molecule has 0 saturated carbocycles. The van der Waals surface area contributed by atoms with Crippen LogP contribution in [0.5, 0.6) is 0 Å². The van der Waals surface area contributed by atoms with E-state index in [0.29, 0.717) is 17.5 Å². The van der Waals surface area contributed by atoms with E-state index in [1.807, 2.05) is 29.6 Å². The van der Waals surface area contributed by atoms with Crippen LogP contribution in [0.25, 0.3) is 10.9 Å². The van der Waals surface area contributed by atoms with Crippen LogP contribution >= 0.6 is 11.3 Å². The zero-order valence-corrected chi connectivity index (χ0v) is 15.2. The molecule has 0 fully saturated rings. The number of aromatic amines is 1. The summed E-state index contributed by atoms with van der Waals surface area (Å²) in [5.41, 5.74) is 2.01. The van der Waals surface area contributed by atoms with Gasteiger partial charge in [-0.2, -0.15) is 0 Å². The van der Waals surface area contributed by atoms with E-state index in [2.05, 4.69) is 10.3 Å². The van der Waals surface area contributed by atoms with E-state index >= 15 is 0 Å². The van der Waals surface area contributed by atoms with E-state index in [1.165, 1.54) is 0 Å². The third-order valence-corrected chi connectivity index (χ3v) is 6.00. The fourth-order valence-corrected chi connectivity index (χ4v) is 4.55. The van der Waals surface area contributed by atoms with Gasteiger partial charge in [-0.3, -0.25) is 9.59 Å². The van der Waals surface area contributed by atoms with Gasteiger partial charge in [-0.15, -0.1) is 11.3 Å². The molecule has 7 heteroatoms. The first kappa shape index (κ1) is 17.5. The maximum Gasteiger partial charge on any atom is 0.330 e. The number of benzene rings is 1. The van der Waals surface area contributed by atoms with Gasteiger partial charge in [0.25, 0.3) is 0 Å². The smallest absolute Gasteiger partial charge is 0.330 e. The molecule has 6 nitrogen and oxygen atoms in total. The van der Waals surface area contributed by atoms with Crippen LogP contribution in [-0.2, 0) is 16.0 Å². The number of amides is 1. The van der Waals surface area contributed by atoms with Gasteiger partial charge in [0.1, 0.15) is 0 Å². The van der Waals surface area contributed by atoms with Gasteiger partial charge in [0.15, 0.2) is 11.8 Å². The van der Waals surface area contributed by atoms with Crippen molar-refractivity contribution in [1.82, 2.24) is 10.3 Å². The third kappa shape index (κ3) is 3.26. The number of H-pyrrole nitrogens is 1. The standard InChI is InChI=1S/C20H18N2O4S/c23-17(9-11-5-6-16-13(19(11)24)7-8-27-16)22-18(20(25)26)14-10-21-15-4-2-1-3-12(14)15/h1-4,7-8,10-11,18,21H,5-6,9H2,(H,22,23)(H,25,26). The molecule has 138 valence electrons. The summed E-state index contributed by atoms with van der Waals surface area (Å²) in [5.74, 6) is -1.98. The van der Waals surface area contributed by atoms with Gasteiger partial charge in [-0.25, -0.2) is 4.79 Å². The van der Waals surface area contributed by atoms with E-state index in [1.54, 1.807) is 23.6 Å². The Morgan fingerprint density at radius 3 is 2.93 bits per heavy atom. The van der Waals surface area contributed by atoms with Crippen molar-refractivity contribution in [3.05, 3.63) is 57.9 Å². The summed E-state index contributed by atoms with van der Waals surface area (Å²) in [4.78, 5) is 40.9. The van der Waals surface area contributed by atoms with Gasteiger partial charge in [0.05, 0.1) is 0 Å². The molecule has 0 spiro atoms. The van der Waals surface area contributed by atoms with Crippen molar-refractivity contribution < 1.29 is 19.5 Å². The van der Waals surface area contributed by atoms with Crippen LogP contribution in [0, 0.1) is 5.92 Å². The van der Waals surface area contributed by atoms with Crippen molar-refractivity contribution in [3.8, 4) is 0 Å². The Hall–Kier alpha value is -2.93. The number of nitrogens with one attached hydrogen (secondary N) is 2. The molecule has 0 aliphatic heterocycles. The molecule has 1 aliphatic carbocycles. The molecular weight excluding hydrogens is 364 g/mol. The summed E-state index contributed by atoms with van der Waals surface area (Å²) in [6, 6.07) is 7.97. The van der Waals surface area contributed by atoms with Crippen molar-refractivity contribution in [1.29, 1.82) is 0 Å². The van der Waals surface area contributed by atoms with Gasteiger partial charge in [-0.1, -0.05) is 18.2 Å². The Kier molecular flexibility index (Phi) is 4.53. The topological polar surface area (TPSA) is 99.3 Å². The van der Waals surface area contributed by atoms with Crippen molar-refractivity contribution in [2.45, 2.75) is 25.3 Å². The lowest BCUT2D eigenvalue weighted by molar-refractivity contribution is -0.142. The molecule has 2 aromatic heterocycles. The SMILES string of the molecule is O=C(CC1CCc2sccc2C1=O)NC(C(=O)O)c1c[nH]c2ccccc12. The highest BCUT2D eigenvalue weighted by Crippen LogP contribution is 2.31. The van der Waals surface area contributed by atoms with Gasteiger partial charge in [-0.05, 0) is 30.4 Å². The summed E-state index contributed by atoms with van der Waals surface area (Å²) in [6.45, 7) is 0. The van der Waals surface area contributed by atoms with E-state index in [4.69, 9.17) is 0 Å². The van der Waals surface area contributed by atoms with E-state index in [0.717, 1.165) is 22.2 Å². The van der Waals surface area contributed by atoms with Crippen molar-refractivity contribution >= 4 is 39.9 Å². The van der Waals surface area contributed by atoms with E-state index < -0.39 is 23.8 Å². The van der Waals surface area contributed by atoms with Gasteiger partial charge < -0.3 is 15.4 Å². The Morgan fingerprint density at radius 2 is 2.11 bits per heavy atom. The second-order valence-electron chi connectivity index (χ2n) is 6.69. The minimum absolute atomic E-state index is 0.000253. The van der Waals surface area contributed by atoms with Crippen molar-refractivity contribution in [2.75, 3.05) is 0 Å². The number of carbonyl (C=O) groups is 3. The monoisotopic (exact) mass is 382 g/mol. The van der Waals surface area contributed by atoms with Crippen molar-refractivity contribution in [3.63, 3.8) is 0 Å². The number of thiophene rings is 1. The fraction of sp³-hybridized carbons (Fsp3) is 0.250. The van der Waals surface area contributed by atoms with Crippen LogP contribution in [0.3, 0.4) is 0 Å². The molecule has 27 heavy (non-hydrogen) atoms. The second kappa shape index (κ2) is 7.00. The minimum Gasteiger partial charge on any atom is -0.479 e. The van der Waals surface area contributed by atoms with Crippen LogP contribution in [0.1, 0.15) is 39.7 Å². The molecular formula is C20H18N2O4S. The number of aliphatic carboxylic acids is 1. The summed E-state index contributed by atoms with van der Waals surface area (Å²) >= 11 is 1.56. The Bertz CT molecular complexity index is 1040. The molecule has 1 amide bonds. The number of hydrogen-bond acceptors (Lipinski definition) is 4. The average molecular weight is 382 g/mol. The van der Waals surface area contributed by atoms with Gasteiger partial charge in [0.2, 0.25) is 5.91 Å². The normalized spacial score (nSPS) is 17.5. The number of carboxylic acid groups (broad SMARTS) is 1. The zero-order chi connectivity index (χ0) is 19.0. The Balaban J connectivity index is 1.50. The van der Waals surface area contributed by atoms with Crippen LogP contribution in [0.15, 0.2) is 41.9 Å². The first-order chi connectivity index (χ1) is 13.0. The van der Waals surface area contributed by atoms with Crippen LogP contribution in [-0.4, -0.2) is 27.8 Å². The summed E-state index contributed by atoms with van der Waals surface area (Å²) in [5, 5.41) is 14.9. The maximum atomic E-state index is 12.5. The van der Waals surface area contributed by atoms with Crippen LogP contribution in [0.4, 0.5) is 0 Å². The molecule has 1 aromatic carbocycles. The first-order valence-electron chi connectivity index (χ1n) is 8.73. The summed E-state index contributed by atoms with van der Waals surface area (Å²) in [7, 11) is 0. The molecule has 3 aromatic rings. The molecule has 0 radical (unpaired) electrons. The largest absolute Gasteiger partial charge is 0.479 e. The lowest BCUT2D eigenvalue weighted by atomic mass is 9.85. The highest BCUT2D eigenvalue weighted by Gasteiger charge is 2.32. The van der Waals surface area contributed by atoms with Gasteiger partial charge >= 0.3 is 5.97 Å². The highest BCUT2D eigenvalue weighted by molar-refractivity contribution is 7.10.